The Kier molecular flexibility index (Phi) is 6.13. The van der Waals surface area contributed by atoms with E-state index in [2.05, 4.69) is 0 Å². The molecule has 1 saturated carbocycles. The number of nitrogens with zero attached hydrogens (tertiary/aromatic N) is 2. The summed E-state index contributed by atoms with van der Waals surface area (Å²) in [4.78, 5) is 31.4. The zero-order valence-corrected chi connectivity index (χ0v) is 19.0. The molecule has 1 aliphatic carbocycles. The maximum absolute atomic E-state index is 13.6. The van der Waals surface area contributed by atoms with Crippen molar-refractivity contribution in [3.63, 3.8) is 0 Å². The van der Waals surface area contributed by atoms with Crippen molar-refractivity contribution in [1.29, 1.82) is 0 Å². The quantitative estimate of drug-likeness (QED) is 0.510. The average Bonchev–Trinajstić information content (AvgIpc) is 3.56. The number of benzene rings is 2. The van der Waals surface area contributed by atoms with E-state index in [1.807, 2.05) is 34.5 Å². The highest BCUT2D eigenvalue weighted by Crippen LogP contribution is 2.35. The van der Waals surface area contributed by atoms with Crippen molar-refractivity contribution in [2.45, 2.75) is 31.3 Å². The molecule has 1 atom stereocenters. The zero-order chi connectivity index (χ0) is 22.8. The van der Waals surface area contributed by atoms with Gasteiger partial charge in [-0.2, -0.15) is 0 Å². The van der Waals surface area contributed by atoms with Crippen LogP contribution < -0.4 is 4.74 Å². The normalized spacial score (nSPS) is 17.4. The first-order valence-corrected chi connectivity index (χ1v) is 12.1. The van der Waals surface area contributed by atoms with Crippen molar-refractivity contribution >= 4 is 23.2 Å². The zero-order valence-electron chi connectivity index (χ0n) is 18.2. The summed E-state index contributed by atoms with van der Waals surface area (Å²) in [6.07, 6.45) is 2.63. The number of rotatable bonds is 7. The van der Waals surface area contributed by atoms with Crippen LogP contribution in [-0.2, 0) is 11.2 Å². The summed E-state index contributed by atoms with van der Waals surface area (Å²) in [5.74, 6) is -0.119. The number of carbonyl (C=O) groups is 2. The SMILES string of the molecule is O=C(c1ccccc1)N(CC(=O)N1CCc2sccc2[C@@H]1COc1cccc(F)c1)C1CC1. The second kappa shape index (κ2) is 9.35. The summed E-state index contributed by atoms with van der Waals surface area (Å²) in [6, 6.07) is 17.0. The van der Waals surface area contributed by atoms with Crippen LogP contribution in [0.5, 0.6) is 5.75 Å². The predicted octanol–water partition coefficient (Wildman–Crippen LogP) is 4.70. The van der Waals surface area contributed by atoms with E-state index in [0.29, 0.717) is 17.9 Å². The van der Waals surface area contributed by atoms with Crippen molar-refractivity contribution in [3.8, 4) is 5.75 Å². The summed E-state index contributed by atoms with van der Waals surface area (Å²) in [5, 5.41) is 2.03. The number of carbonyl (C=O) groups excluding carboxylic acids is 2. The Labute approximate surface area is 196 Å². The molecule has 170 valence electrons. The fourth-order valence-corrected chi connectivity index (χ4v) is 5.27. The van der Waals surface area contributed by atoms with Crippen LogP contribution in [0.25, 0.3) is 0 Å². The molecule has 0 N–H and O–H groups in total. The topological polar surface area (TPSA) is 49.9 Å². The minimum atomic E-state index is -0.361. The van der Waals surface area contributed by atoms with E-state index in [-0.39, 0.29) is 42.9 Å². The Morgan fingerprint density at radius 2 is 1.91 bits per heavy atom. The van der Waals surface area contributed by atoms with Gasteiger partial charge in [-0.05, 0) is 60.5 Å². The lowest BCUT2D eigenvalue weighted by molar-refractivity contribution is -0.135. The molecule has 33 heavy (non-hydrogen) atoms. The van der Waals surface area contributed by atoms with Crippen molar-refractivity contribution in [1.82, 2.24) is 9.80 Å². The van der Waals surface area contributed by atoms with Gasteiger partial charge >= 0.3 is 0 Å². The van der Waals surface area contributed by atoms with Crippen LogP contribution in [0.2, 0.25) is 0 Å². The molecule has 5 nitrogen and oxygen atoms in total. The molecule has 0 bridgehead atoms. The Bertz CT molecular complexity index is 1150. The van der Waals surface area contributed by atoms with Crippen LogP contribution in [0.4, 0.5) is 4.39 Å². The van der Waals surface area contributed by atoms with Gasteiger partial charge in [0.05, 0.1) is 6.04 Å². The van der Waals surface area contributed by atoms with Gasteiger partial charge in [0.1, 0.15) is 24.7 Å². The molecule has 2 amide bonds. The number of ether oxygens (including phenoxy) is 1. The van der Waals surface area contributed by atoms with Gasteiger partial charge in [-0.1, -0.05) is 24.3 Å². The van der Waals surface area contributed by atoms with Crippen molar-refractivity contribution < 1.29 is 18.7 Å². The highest BCUT2D eigenvalue weighted by atomic mass is 32.1. The van der Waals surface area contributed by atoms with Crippen LogP contribution in [0.3, 0.4) is 0 Å². The first kappa shape index (κ1) is 21.6. The number of halogens is 1. The third-order valence-corrected chi connectivity index (χ3v) is 7.19. The fraction of sp³-hybridized carbons (Fsp3) is 0.308. The van der Waals surface area contributed by atoms with Gasteiger partial charge in [0.15, 0.2) is 0 Å². The molecule has 2 heterocycles. The minimum Gasteiger partial charge on any atom is -0.491 e. The summed E-state index contributed by atoms with van der Waals surface area (Å²) < 4.78 is 19.5. The van der Waals surface area contributed by atoms with Crippen LogP contribution in [-0.4, -0.2) is 47.4 Å². The van der Waals surface area contributed by atoms with Crippen LogP contribution in [0, 0.1) is 5.82 Å². The molecular formula is C26H25FN2O3S. The molecule has 1 aliphatic heterocycles. The molecule has 7 heteroatoms. The number of thiophene rings is 1. The van der Waals surface area contributed by atoms with Crippen molar-refractivity contribution in [2.24, 2.45) is 0 Å². The Hall–Kier alpha value is -3.19. The first-order valence-electron chi connectivity index (χ1n) is 11.2. The minimum absolute atomic E-state index is 0.0499. The highest BCUT2D eigenvalue weighted by molar-refractivity contribution is 7.10. The predicted molar refractivity (Wildman–Crippen MR) is 125 cm³/mol. The van der Waals surface area contributed by atoms with Crippen LogP contribution in [0.15, 0.2) is 66.0 Å². The molecule has 0 spiro atoms. The molecule has 1 aromatic heterocycles. The molecule has 1 fully saturated rings. The number of hydrogen-bond acceptors (Lipinski definition) is 4. The van der Waals surface area contributed by atoms with E-state index in [1.54, 1.807) is 40.5 Å². The van der Waals surface area contributed by atoms with E-state index >= 15 is 0 Å². The smallest absolute Gasteiger partial charge is 0.254 e. The Balaban J connectivity index is 1.34. The van der Waals surface area contributed by atoms with Gasteiger partial charge in [0.2, 0.25) is 5.91 Å². The molecule has 3 aromatic rings. The third-order valence-electron chi connectivity index (χ3n) is 6.19. The average molecular weight is 465 g/mol. The van der Waals surface area contributed by atoms with Crippen LogP contribution in [0.1, 0.15) is 39.7 Å². The summed E-state index contributed by atoms with van der Waals surface area (Å²) in [5.41, 5.74) is 1.67. The van der Waals surface area contributed by atoms with Gasteiger partial charge in [0.25, 0.3) is 5.91 Å². The van der Waals surface area contributed by atoms with Gasteiger partial charge < -0.3 is 14.5 Å². The summed E-state index contributed by atoms with van der Waals surface area (Å²) in [7, 11) is 0. The lowest BCUT2D eigenvalue weighted by Gasteiger charge is -2.37. The van der Waals surface area contributed by atoms with Gasteiger partial charge in [-0.3, -0.25) is 9.59 Å². The molecule has 0 unspecified atom stereocenters. The number of hydrogen-bond donors (Lipinski definition) is 0. The maximum atomic E-state index is 13.6. The van der Waals surface area contributed by atoms with Crippen LogP contribution >= 0.6 is 11.3 Å². The lowest BCUT2D eigenvalue weighted by atomic mass is 10.0. The van der Waals surface area contributed by atoms with E-state index < -0.39 is 0 Å². The van der Waals surface area contributed by atoms with Crippen molar-refractivity contribution in [2.75, 3.05) is 19.7 Å². The Morgan fingerprint density at radius 3 is 2.67 bits per heavy atom. The summed E-state index contributed by atoms with van der Waals surface area (Å²) >= 11 is 1.68. The lowest BCUT2D eigenvalue weighted by Crippen LogP contribution is -2.48. The van der Waals surface area contributed by atoms with E-state index in [0.717, 1.165) is 24.8 Å². The van der Waals surface area contributed by atoms with Gasteiger partial charge in [-0.25, -0.2) is 4.39 Å². The van der Waals surface area contributed by atoms with E-state index in [1.165, 1.54) is 17.0 Å². The molecule has 0 radical (unpaired) electrons. The fourth-order valence-electron chi connectivity index (χ4n) is 4.34. The van der Waals surface area contributed by atoms with Crippen molar-refractivity contribution in [3.05, 3.63) is 87.9 Å². The van der Waals surface area contributed by atoms with E-state index in [4.69, 9.17) is 4.74 Å². The molecule has 2 aromatic carbocycles. The monoisotopic (exact) mass is 464 g/mol. The standard InChI is InChI=1S/C26H25FN2O3S/c27-19-7-4-8-21(15-19)32-17-23-22-12-14-33-24(22)11-13-28(23)25(30)16-29(20-9-10-20)26(31)18-5-2-1-3-6-18/h1-8,12,14-15,20,23H,9-11,13,16-17H2/t23-/m0/s1. The largest absolute Gasteiger partial charge is 0.491 e. The highest BCUT2D eigenvalue weighted by Gasteiger charge is 2.38. The maximum Gasteiger partial charge on any atom is 0.254 e. The number of fused-ring (bicyclic) bond motifs is 1. The molecular weight excluding hydrogens is 439 g/mol. The first-order chi connectivity index (χ1) is 16.1. The molecule has 0 saturated heterocycles. The third kappa shape index (κ3) is 4.78. The second-order valence-electron chi connectivity index (χ2n) is 8.45. The molecule has 5 rings (SSSR count). The Morgan fingerprint density at radius 1 is 1.09 bits per heavy atom. The second-order valence-corrected chi connectivity index (χ2v) is 9.45. The summed E-state index contributed by atoms with van der Waals surface area (Å²) in [6.45, 7) is 0.852. The molecule has 2 aliphatic rings. The van der Waals surface area contributed by atoms with E-state index in [9.17, 15) is 14.0 Å². The van der Waals surface area contributed by atoms with Gasteiger partial charge in [-0.15, -0.1) is 11.3 Å². The van der Waals surface area contributed by atoms with Gasteiger partial charge in [0, 0.05) is 29.1 Å². The number of amides is 2.